The summed E-state index contributed by atoms with van der Waals surface area (Å²) in [6.45, 7) is 4.99. The highest BCUT2D eigenvalue weighted by atomic mass is 32.2. The molecule has 0 amide bonds. The van der Waals surface area contributed by atoms with Crippen LogP contribution in [0.15, 0.2) is 23.4 Å². The van der Waals surface area contributed by atoms with Gasteiger partial charge in [0, 0.05) is 25.3 Å². The third-order valence-corrected chi connectivity index (χ3v) is 4.73. The number of carboxylic acids is 1. The Morgan fingerprint density at radius 1 is 1.48 bits per heavy atom. The number of hydrogen-bond donors (Lipinski definition) is 2. The molecule has 1 heterocycles. The zero-order valence-electron chi connectivity index (χ0n) is 12.4. The van der Waals surface area contributed by atoms with Gasteiger partial charge < -0.3 is 10.0 Å². The van der Waals surface area contributed by atoms with Gasteiger partial charge in [-0.25, -0.2) is 22.9 Å². The molecule has 7 nitrogen and oxygen atoms in total. The van der Waals surface area contributed by atoms with Crippen molar-refractivity contribution in [2.45, 2.75) is 31.3 Å². The van der Waals surface area contributed by atoms with Crippen LogP contribution in [-0.2, 0) is 10.0 Å². The Morgan fingerprint density at radius 3 is 2.62 bits per heavy atom. The Bertz CT molecular complexity index is 572. The predicted octanol–water partition coefficient (Wildman–Crippen LogP) is 0.788. The van der Waals surface area contributed by atoms with E-state index in [1.165, 1.54) is 12.1 Å². The van der Waals surface area contributed by atoms with Crippen LogP contribution >= 0.6 is 0 Å². The maximum Gasteiger partial charge on any atom is 0.337 e. The standard InChI is InChI=1S/C13H21N3O4S/c1-4-10(2)16(3)8-7-15-21(19,20)12-6-5-11(9-14-12)13(17)18/h5-6,9-10,15H,4,7-8H2,1-3H3,(H,17,18). The van der Waals surface area contributed by atoms with Crippen molar-refractivity contribution >= 4 is 16.0 Å². The first-order valence-electron chi connectivity index (χ1n) is 6.67. The lowest BCUT2D eigenvalue weighted by Crippen LogP contribution is -2.37. The molecule has 0 aliphatic heterocycles. The van der Waals surface area contributed by atoms with Gasteiger partial charge in [0.25, 0.3) is 10.0 Å². The van der Waals surface area contributed by atoms with Gasteiger partial charge in [-0.2, -0.15) is 0 Å². The summed E-state index contributed by atoms with van der Waals surface area (Å²) in [5.74, 6) is -1.14. The van der Waals surface area contributed by atoms with Crippen molar-refractivity contribution in [1.29, 1.82) is 0 Å². The smallest absolute Gasteiger partial charge is 0.337 e. The lowest BCUT2D eigenvalue weighted by Gasteiger charge is -2.23. The van der Waals surface area contributed by atoms with Crippen molar-refractivity contribution in [2.24, 2.45) is 0 Å². The number of sulfonamides is 1. The van der Waals surface area contributed by atoms with Crippen LogP contribution in [0.4, 0.5) is 0 Å². The van der Waals surface area contributed by atoms with Gasteiger partial charge in [-0.15, -0.1) is 0 Å². The highest BCUT2D eigenvalue weighted by molar-refractivity contribution is 7.89. The van der Waals surface area contributed by atoms with Gasteiger partial charge in [-0.3, -0.25) is 0 Å². The van der Waals surface area contributed by atoms with Gasteiger partial charge in [0.15, 0.2) is 5.03 Å². The molecule has 0 bridgehead atoms. The summed E-state index contributed by atoms with van der Waals surface area (Å²) in [4.78, 5) is 16.4. The summed E-state index contributed by atoms with van der Waals surface area (Å²) >= 11 is 0. The molecule has 0 aromatic carbocycles. The van der Waals surface area contributed by atoms with Gasteiger partial charge in [-0.1, -0.05) is 6.92 Å². The normalized spacial score (nSPS) is 13.3. The number of nitrogens with zero attached hydrogens (tertiary/aromatic N) is 2. The molecule has 1 aromatic heterocycles. The van der Waals surface area contributed by atoms with Crippen molar-refractivity contribution < 1.29 is 18.3 Å². The number of aromatic carboxylic acids is 1. The van der Waals surface area contributed by atoms with Gasteiger partial charge in [-0.05, 0) is 32.5 Å². The van der Waals surface area contributed by atoms with Crippen LogP contribution in [0.2, 0.25) is 0 Å². The third-order valence-electron chi connectivity index (χ3n) is 3.36. The maximum absolute atomic E-state index is 12.0. The summed E-state index contributed by atoms with van der Waals surface area (Å²) < 4.78 is 26.4. The zero-order valence-corrected chi connectivity index (χ0v) is 13.2. The second-order valence-electron chi connectivity index (χ2n) is 4.83. The van der Waals surface area contributed by atoms with Crippen LogP contribution in [0.1, 0.15) is 30.6 Å². The van der Waals surface area contributed by atoms with Crippen LogP contribution < -0.4 is 4.72 Å². The first-order chi connectivity index (χ1) is 9.77. The molecule has 0 radical (unpaired) electrons. The number of aromatic nitrogens is 1. The number of nitrogens with one attached hydrogen (secondary N) is 1. The number of carbonyl (C=O) groups is 1. The second-order valence-corrected chi connectivity index (χ2v) is 6.54. The van der Waals surface area contributed by atoms with Crippen LogP contribution in [0.3, 0.4) is 0 Å². The van der Waals surface area contributed by atoms with Crippen molar-refractivity contribution in [3.05, 3.63) is 23.9 Å². The Labute approximate surface area is 125 Å². The van der Waals surface area contributed by atoms with E-state index in [-0.39, 0.29) is 17.1 Å². The molecule has 1 unspecified atom stereocenters. The minimum absolute atomic E-state index is 0.0505. The molecule has 1 rings (SSSR count). The zero-order chi connectivity index (χ0) is 16.0. The molecule has 1 atom stereocenters. The fourth-order valence-corrected chi connectivity index (χ4v) is 2.57. The second kappa shape index (κ2) is 7.48. The number of hydrogen-bond acceptors (Lipinski definition) is 5. The first-order valence-corrected chi connectivity index (χ1v) is 8.15. The molecule has 8 heteroatoms. The number of carboxylic acid groups (broad SMARTS) is 1. The molecule has 0 fully saturated rings. The first kappa shape index (κ1) is 17.5. The van der Waals surface area contributed by atoms with Gasteiger partial charge in [0.2, 0.25) is 0 Å². The molecular formula is C13H21N3O4S. The average Bonchev–Trinajstić information content (AvgIpc) is 2.46. The van der Waals surface area contributed by atoms with Crippen molar-refractivity contribution in [2.75, 3.05) is 20.1 Å². The Kier molecular flexibility index (Phi) is 6.25. The minimum atomic E-state index is -3.71. The summed E-state index contributed by atoms with van der Waals surface area (Å²) in [5, 5.41) is 8.56. The van der Waals surface area contributed by atoms with Crippen LogP contribution in [0, 0.1) is 0 Å². The van der Waals surface area contributed by atoms with E-state index in [4.69, 9.17) is 5.11 Å². The van der Waals surface area contributed by atoms with Crippen LogP contribution in [-0.4, -0.2) is 55.6 Å². The molecule has 0 spiro atoms. The Balaban J connectivity index is 2.63. The lowest BCUT2D eigenvalue weighted by molar-refractivity contribution is 0.0696. The summed E-state index contributed by atoms with van der Waals surface area (Å²) in [6, 6.07) is 2.78. The van der Waals surface area contributed by atoms with Gasteiger partial charge >= 0.3 is 5.97 Å². The van der Waals surface area contributed by atoms with E-state index in [1.807, 2.05) is 7.05 Å². The van der Waals surface area contributed by atoms with E-state index in [9.17, 15) is 13.2 Å². The van der Waals surface area contributed by atoms with E-state index < -0.39 is 16.0 Å². The summed E-state index contributed by atoms with van der Waals surface area (Å²) in [6.07, 6.45) is 2.02. The largest absolute Gasteiger partial charge is 0.478 e. The van der Waals surface area contributed by atoms with Gasteiger partial charge in [0.1, 0.15) is 0 Å². The number of rotatable bonds is 8. The molecular weight excluding hydrogens is 294 g/mol. The Morgan fingerprint density at radius 2 is 2.14 bits per heavy atom. The van der Waals surface area contributed by atoms with E-state index >= 15 is 0 Å². The number of likely N-dealkylation sites (N-methyl/N-ethyl adjacent to an activating group) is 1. The van der Waals surface area contributed by atoms with E-state index in [0.29, 0.717) is 12.6 Å². The lowest BCUT2D eigenvalue weighted by atomic mass is 10.2. The average molecular weight is 315 g/mol. The van der Waals surface area contributed by atoms with Crippen LogP contribution in [0.5, 0.6) is 0 Å². The monoisotopic (exact) mass is 315 g/mol. The fraction of sp³-hybridized carbons (Fsp3) is 0.538. The number of pyridine rings is 1. The van der Waals surface area contributed by atoms with Crippen molar-refractivity contribution in [3.63, 3.8) is 0 Å². The summed E-state index contributed by atoms with van der Waals surface area (Å²) in [7, 11) is -1.78. The highest BCUT2D eigenvalue weighted by Crippen LogP contribution is 2.06. The molecule has 0 aliphatic rings. The van der Waals surface area contributed by atoms with E-state index in [1.54, 1.807) is 0 Å². The third kappa shape index (κ3) is 5.07. The van der Waals surface area contributed by atoms with Gasteiger partial charge in [0.05, 0.1) is 5.56 Å². The molecule has 118 valence electrons. The Hall–Kier alpha value is -1.51. The van der Waals surface area contributed by atoms with Crippen LogP contribution in [0.25, 0.3) is 0 Å². The molecule has 2 N–H and O–H groups in total. The van der Waals surface area contributed by atoms with Crippen molar-refractivity contribution in [3.8, 4) is 0 Å². The quantitative estimate of drug-likeness (QED) is 0.736. The highest BCUT2D eigenvalue weighted by Gasteiger charge is 2.16. The van der Waals surface area contributed by atoms with Crippen molar-refractivity contribution in [1.82, 2.24) is 14.6 Å². The molecule has 0 aliphatic carbocycles. The maximum atomic E-state index is 12.0. The SMILES string of the molecule is CCC(C)N(C)CCNS(=O)(=O)c1ccc(C(=O)O)cn1. The van der Waals surface area contributed by atoms with E-state index in [0.717, 1.165) is 12.6 Å². The molecule has 0 saturated heterocycles. The molecule has 21 heavy (non-hydrogen) atoms. The van der Waals surface area contributed by atoms with E-state index in [2.05, 4.69) is 28.5 Å². The molecule has 0 saturated carbocycles. The predicted molar refractivity (Wildman–Crippen MR) is 78.8 cm³/mol. The minimum Gasteiger partial charge on any atom is -0.478 e. The molecule has 1 aromatic rings. The fourth-order valence-electron chi connectivity index (χ4n) is 1.63. The summed E-state index contributed by atoms with van der Waals surface area (Å²) in [5.41, 5.74) is -0.0505. The topological polar surface area (TPSA) is 99.6 Å².